The van der Waals surface area contributed by atoms with E-state index in [0.29, 0.717) is 29.8 Å². The van der Waals surface area contributed by atoms with Crippen LogP contribution in [0.1, 0.15) is 61.3 Å². The van der Waals surface area contributed by atoms with Crippen LogP contribution < -0.4 is 11.1 Å². The topological polar surface area (TPSA) is 110 Å². The second-order valence-electron chi connectivity index (χ2n) is 7.66. The third-order valence-electron chi connectivity index (χ3n) is 5.81. The van der Waals surface area contributed by atoms with E-state index in [4.69, 9.17) is 10.5 Å². The van der Waals surface area contributed by atoms with Crippen LogP contribution in [0.4, 0.5) is 11.8 Å². The summed E-state index contributed by atoms with van der Waals surface area (Å²) in [7, 11) is 0. The second kappa shape index (κ2) is 8.11. The molecule has 0 amide bonds. The minimum Gasteiger partial charge on any atom is -0.383 e. The van der Waals surface area contributed by atoms with E-state index in [-0.39, 0.29) is 6.10 Å². The van der Waals surface area contributed by atoms with Crippen LogP contribution >= 0.6 is 0 Å². The molecular formula is C21H26N6O. The number of anilines is 2. The number of nitrogen functional groups attached to an aromatic ring is 1. The highest BCUT2D eigenvalue weighted by atomic mass is 16.5. The molecule has 0 radical (unpaired) electrons. The summed E-state index contributed by atoms with van der Waals surface area (Å²) < 4.78 is 5.61. The van der Waals surface area contributed by atoms with E-state index < -0.39 is 0 Å². The van der Waals surface area contributed by atoms with Crippen molar-refractivity contribution in [2.45, 2.75) is 57.5 Å². The Morgan fingerprint density at radius 2 is 1.96 bits per heavy atom. The van der Waals surface area contributed by atoms with E-state index in [1.54, 1.807) is 12.4 Å². The number of hydrogen-bond donors (Lipinski definition) is 2. The number of nitrogens with one attached hydrogen (secondary N) is 1. The number of nitriles is 1. The molecule has 2 aromatic rings. The van der Waals surface area contributed by atoms with Gasteiger partial charge in [0, 0.05) is 48.3 Å². The maximum atomic E-state index is 9.66. The van der Waals surface area contributed by atoms with Crippen LogP contribution in [0.3, 0.4) is 0 Å². The Balaban J connectivity index is 1.62. The minimum absolute atomic E-state index is 0.227. The summed E-state index contributed by atoms with van der Waals surface area (Å²) in [5, 5.41) is 12.9. The fourth-order valence-electron chi connectivity index (χ4n) is 4.34. The van der Waals surface area contributed by atoms with Gasteiger partial charge in [-0.25, -0.2) is 15.0 Å². The molecule has 4 rings (SSSR count). The van der Waals surface area contributed by atoms with Crippen molar-refractivity contribution in [3.8, 4) is 17.2 Å². The molecule has 3 heterocycles. The number of pyridine rings is 1. The minimum atomic E-state index is 0.227. The number of ether oxygens (including phenoxy) is 1. The van der Waals surface area contributed by atoms with Crippen molar-refractivity contribution in [1.82, 2.24) is 15.0 Å². The van der Waals surface area contributed by atoms with Gasteiger partial charge in [0.25, 0.3) is 0 Å². The third kappa shape index (κ3) is 3.65. The van der Waals surface area contributed by atoms with Crippen LogP contribution in [0.15, 0.2) is 12.4 Å². The smallest absolute Gasteiger partial charge is 0.222 e. The highest BCUT2D eigenvalue weighted by molar-refractivity contribution is 5.78. The summed E-state index contributed by atoms with van der Waals surface area (Å²) in [4.78, 5) is 13.5. The molecule has 0 aromatic carbocycles. The Hall–Kier alpha value is -2.72. The van der Waals surface area contributed by atoms with E-state index in [9.17, 15) is 5.26 Å². The van der Waals surface area contributed by atoms with Crippen molar-refractivity contribution >= 4 is 11.8 Å². The molecule has 146 valence electrons. The predicted molar refractivity (Wildman–Crippen MR) is 108 cm³/mol. The quantitative estimate of drug-likeness (QED) is 0.818. The van der Waals surface area contributed by atoms with Crippen molar-refractivity contribution in [3.05, 3.63) is 29.2 Å². The maximum Gasteiger partial charge on any atom is 0.222 e. The molecule has 0 bridgehead atoms. The molecule has 2 fully saturated rings. The first-order valence-corrected chi connectivity index (χ1v) is 10.1. The van der Waals surface area contributed by atoms with Gasteiger partial charge >= 0.3 is 0 Å². The van der Waals surface area contributed by atoms with Crippen LogP contribution in [0.25, 0.3) is 11.1 Å². The average molecular weight is 378 g/mol. The second-order valence-corrected chi connectivity index (χ2v) is 7.66. The Labute approximate surface area is 165 Å². The molecule has 0 spiro atoms. The molecule has 1 saturated carbocycles. The largest absolute Gasteiger partial charge is 0.383 e. The molecule has 0 unspecified atom stereocenters. The molecule has 1 saturated heterocycles. The number of rotatable bonds is 5. The van der Waals surface area contributed by atoms with Gasteiger partial charge in [-0.2, -0.15) is 5.26 Å². The van der Waals surface area contributed by atoms with E-state index in [1.165, 1.54) is 12.8 Å². The zero-order valence-corrected chi connectivity index (χ0v) is 16.2. The van der Waals surface area contributed by atoms with Crippen molar-refractivity contribution in [1.29, 1.82) is 5.26 Å². The van der Waals surface area contributed by atoms with Gasteiger partial charge in [0.2, 0.25) is 5.95 Å². The molecular weight excluding hydrogens is 352 g/mol. The summed E-state index contributed by atoms with van der Waals surface area (Å²) in [5.74, 6) is 1.28. The SMILES string of the molecule is Cc1c(C2CCCC2)nc(N)c(C#N)c1-c1cnc(NC[C@@H]2CCCO2)nc1. The zero-order chi connectivity index (χ0) is 19.5. The summed E-state index contributed by atoms with van der Waals surface area (Å²) in [6.07, 6.45) is 10.6. The monoisotopic (exact) mass is 378 g/mol. The van der Waals surface area contributed by atoms with E-state index in [1.807, 2.05) is 6.92 Å². The van der Waals surface area contributed by atoms with Crippen LogP contribution in [0.2, 0.25) is 0 Å². The summed E-state index contributed by atoms with van der Waals surface area (Å²) in [6, 6.07) is 2.22. The van der Waals surface area contributed by atoms with Gasteiger partial charge in [0.1, 0.15) is 17.5 Å². The van der Waals surface area contributed by atoms with Crippen molar-refractivity contribution in [3.63, 3.8) is 0 Å². The van der Waals surface area contributed by atoms with Crippen LogP contribution in [-0.2, 0) is 4.74 Å². The molecule has 28 heavy (non-hydrogen) atoms. The number of aromatic nitrogens is 3. The van der Waals surface area contributed by atoms with Crippen LogP contribution in [0, 0.1) is 18.3 Å². The number of nitrogens with zero attached hydrogens (tertiary/aromatic N) is 4. The van der Waals surface area contributed by atoms with Gasteiger partial charge in [0.05, 0.1) is 6.10 Å². The third-order valence-corrected chi connectivity index (χ3v) is 5.81. The Morgan fingerprint density at radius 3 is 2.61 bits per heavy atom. The van der Waals surface area contributed by atoms with Gasteiger partial charge in [-0.05, 0) is 38.2 Å². The number of nitrogens with two attached hydrogens (primary N) is 1. The highest BCUT2D eigenvalue weighted by Crippen LogP contribution is 2.39. The van der Waals surface area contributed by atoms with Crippen LogP contribution in [0.5, 0.6) is 0 Å². The van der Waals surface area contributed by atoms with E-state index >= 15 is 0 Å². The number of hydrogen-bond acceptors (Lipinski definition) is 7. The predicted octanol–water partition coefficient (Wildman–Crippen LogP) is 3.55. The summed E-state index contributed by atoms with van der Waals surface area (Å²) >= 11 is 0. The Bertz CT molecular complexity index is 877. The van der Waals surface area contributed by atoms with Crippen molar-refractivity contribution in [2.24, 2.45) is 0 Å². The van der Waals surface area contributed by atoms with Crippen LogP contribution in [-0.4, -0.2) is 34.2 Å². The van der Waals surface area contributed by atoms with Gasteiger partial charge in [-0.15, -0.1) is 0 Å². The molecule has 7 heteroatoms. The average Bonchev–Trinajstić information content (AvgIpc) is 3.42. The lowest BCUT2D eigenvalue weighted by molar-refractivity contribution is 0.120. The fraction of sp³-hybridized carbons (Fsp3) is 0.524. The van der Waals surface area contributed by atoms with Gasteiger partial charge < -0.3 is 15.8 Å². The molecule has 1 atom stereocenters. The molecule has 1 aliphatic heterocycles. The van der Waals surface area contributed by atoms with Gasteiger partial charge in [-0.1, -0.05) is 12.8 Å². The first kappa shape index (κ1) is 18.6. The molecule has 2 aliphatic rings. The lowest BCUT2D eigenvalue weighted by Gasteiger charge is -2.18. The Morgan fingerprint density at radius 1 is 1.21 bits per heavy atom. The van der Waals surface area contributed by atoms with E-state index in [2.05, 4.69) is 26.3 Å². The first-order valence-electron chi connectivity index (χ1n) is 10.1. The normalized spacial score (nSPS) is 19.6. The summed E-state index contributed by atoms with van der Waals surface area (Å²) in [6.45, 7) is 3.56. The standard InChI is InChI=1S/C21H26N6O/c1-13-18(17(9-22)20(23)27-19(13)14-5-2-3-6-14)15-10-24-21(25-11-15)26-12-16-7-4-8-28-16/h10-11,14,16H,2-8,12H2,1H3,(H2,23,27)(H,24,25,26)/t16-/m0/s1. The molecule has 2 aromatic heterocycles. The van der Waals surface area contributed by atoms with Crippen molar-refractivity contribution < 1.29 is 4.74 Å². The molecule has 1 aliphatic carbocycles. The summed E-state index contributed by atoms with van der Waals surface area (Å²) in [5.41, 5.74) is 10.2. The molecule has 7 nitrogen and oxygen atoms in total. The lowest BCUT2D eigenvalue weighted by Crippen LogP contribution is -2.19. The maximum absolute atomic E-state index is 9.66. The fourth-order valence-corrected chi connectivity index (χ4v) is 4.34. The van der Waals surface area contributed by atoms with E-state index in [0.717, 1.165) is 54.7 Å². The Kier molecular flexibility index (Phi) is 5.40. The molecule has 3 N–H and O–H groups in total. The van der Waals surface area contributed by atoms with Gasteiger partial charge in [0.15, 0.2) is 0 Å². The lowest BCUT2D eigenvalue weighted by atomic mass is 9.91. The first-order chi connectivity index (χ1) is 13.7. The van der Waals surface area contributed by atoms with Gasteiger partial charge in [-0.3, -0.25) is 0 Å². The zero-order valence-electron chi connectivity index (χ0n) is 16.2. The highest BCUT2D eigenvalue weighted by Gasteiger charge is 2.25. The van der Waals surface area contributed by atoms with Crippen molar-refractivity contribution in [2.75, 3.05) is 24.2 Å².